The van der Waals surface area contributed by atoms with Gasteiger partial charge in [-0.25, -0.2) is 0 Å². The zero-order chi connectivity index (χ0) is 18.2. The lowest BCUT2D eigenvalue weighted by atomic mass is 10.1. The molecule has 0 aliphatic carbocycles. The zero-order valence-electron chi connectivity index (χ0n) is 12.4. The highest BCUT2D eigenvalue weighted by Gasteiger charge is 2.33. The number of nitrogens with one attached hydrogen (secondary N) is 2. The van der Waals surface area contributed by atoms with Gasteiger partial charge in [0.2, 0.25) is 5.56 Å². The van der Waals surface area contributed by atoms with Gasteiger partial charge in [0, 0.05) is 27.1 Å². The van der Waals surface area contributed by atoms with Gasteiger partial charge in [-0.05, 0) is 24.3 Å². The number of hydrogen-bond acceptors (Lipinski definition) is 2. The van der Waals surface area contributed by atoms with E-state index in [-0.39, 0.29) is 15.7 Å². The number of amides is 1. The molecule has 2 N–H and O–H groups in total. The molecule has 3 aromatic rings. The van der Waals surface area contributed by atoms with Gasteiger partial charge in [-0.1, -0.05) is 34.1 Å². The minimum Gasteiger partial charge on any atom is -0.322 e. The van der Waals surface area contributed by atoms with Gasteiger partial charge in [0.1, 0.15) is 0 Å². The molecule has 0 bridgehead atoms. The Kier molecular flexibility index (Phi) is 4.38. The molecule has 1 aromatic heterocycles. The third-order valence-electron chi connectivity index (χ3n) is 3.52. The summed E-state index contributed by atoms with van der Waals surface area (Å²) in [6.45, 7) is 0. The fraction of sp³-hybridized carbons (Fsp3) is 0.0588. The largest absolute Gasteiger partial charge is 0.417 e. The molecule has 8 heteroatoms. The minimum atomic E-state index is -4.56. The van der Waals surface area contributed by atoms with Crippen molar-refractivity contribution in [3.63, 3.8) is 0 Å². The molecule has 0 unspecified atom stereocenters. The quantitative estimate of drug-likeness (QED) is 0.650. The number of benzene rings is 2. The van der Waals surface area contributed by atoms with Crippen LogP contribution in [0.5, 0.6) is 0 Å². The smallest absolute Gasteiger partial charge is 0.322 e. The van der Waals surface area contributed by atoms with Crippen LogP contribution in [0, 0.1) is 0 Å². The minimum absolute atomic E-state index is 0.0233. The van der Waals surface area contributed by atoms with Crippen LogP contribution in [0.1, 0.15) is 15.9 Å². The van der Waals surface area contributed by atoms with Crippen LogP contribution >= 0.6 is 15.9 Å². The van der Waals surface area contributed by atoms with Gasteiger partial charge in [0.25, 0.3) is 5.91 Å². The molecule has 25 heavy (non-hydrogen) atoms. The van der Waals surface area contributed by atoms with Crippen molar-refractivity contribution >= 4 is 38.4 Å². The molecule has 0 fully saturated rings. The Labute approximate surface area is 147 Å². The number of rotatable bonds is 2. The highest BCUT2D eigenvalue weighted by Crippen LogP contribution is 2.36. The van der Waals surface area contributed by atoms with Gasteiger partial charge in [-0.15, -0.1) is 0 Å². The zero-order valence-corrected chi connectivity index (χ0v) is 14.0. The molecule has 1 heterocycles. The van der Waals surface area contributed by atoms with Crippen molar-refractivity contribution in [2.75, 3.05) is 5.32 Å². The van der Waals surface area contributed by atoms with E-state index < -0.39 is 23.2 Å². The number of carbonyl (C=O) groups is 1. The number of alkyl halides is 3. The summed E-state index contributed by atoms with van der Waals surface area (Å²) in [5.41, 5.74) is -0.857. The molecule has 0 aliphatic rings. The molecule has 128 valence electrons. The molecular formula is C17H10BrF3N2O2. The van der Waals surface area contributed by atoms with Crippen LogP contribution < -0.4 is 10.9 Å². The number of H-pyrrole nitrogens is 1. The Hall–Kier alpha value is -2.61. The molecule has 3 rings (SSSR count). The van der Waals surface area contributed by atoms with Crippen LogP contribution in [-0.2, 0) is 6.18 Å². The Morgan fingerprint density at radius 3 is 2.52 bits per heavy atom. The molecule has 0 aliphatic heterocycles. The number of carbonyl (C=O) groups excluding carboxylic acids is 1. The monoisotopic (exact) mass is 410 g/mol. The number of hydrogen-bond donors (Lipinski definition) is 2. The first-order chi connectivity index (χ1) is 11.8. The second-order valence-corrected chi connectivity index (χ2v) is 6.09. The summed E-state index contributed by atoms with van der Waals surface area (Å²) in [6.07, 6.45) is -4.56. The number of para-hydroxylation sites is 1. The number of aromatic nitrogens is 1. The van der Waals surface area contributed by atoms with Crippen molar-refractivity contribution in [3.05, 3.63) is 74.5 Å². The molecule has 2 aromatic carbocycles. The summed E-state index contributed by atoms with van der Waals surface area (Å²) in [6, 6.07) is 11.2. The Morgan fingerprint density at radius 2 is 1.80 bits per heavy atom. The molecule has 0 atom stereocenters. The first-order valence-electron chi connectivity index (χ1n) is 7.06. The first-order valence-corrected chi connectivity index (χ1v) is 7.85. The number of pyridine rings is 1. The normalized spacial score (nSPS) is 11.5. The molecule has 0 saturated carbocycles. The Bertz CT molecular complexity index is 1030. The number of aromatic amines is 1. The van der Waals surface area contributed by atoms with Crippen molar-refractivity contribution in [1.82, 2.24) is 4.98 Å². The van der Waals surface area contributed by atoms with Crippen molar-refractivity contribution in [2.24, 2.45) is 0 Å². The topological polar surface area (TPSA) is 62.0 Å². The van der Waals surface area contributed by atoms with E-state index in [1.54, 1.807) is 24.3 Å². The van der Waals surface area contributed by atoms with E-state index in [1.165, 1.54) is 12.1 Å². The summed E-state index contributed by atoms with van der Waals surface area (Å²) < 4.78 is 38.8. The number of halogens is 4. The van der Waals surface area contributed by atoms with Crippen molar-refractivity contribution in [3.8, 4) is 0 Å². The first kappa shape index (κ1) is 17.2. The van der Waals surface area contributed by atoms with E-state index in [0.29, 0.717) is 10.9 Å². The summed E-state index contributed by atoms with van der Waals surface area (Å²) in [5, 5.41) is 2.90. The number of anilines is 1. The van der Waals surface area contributed by atoms with E-state index in [2.05, 4.69) is 26.2 Å². The molecular weight excluding hydrogens is 401 g/mol. The summed E-state index contributed by atoms with van der Waals surface area (Å²) in [4.78, 5) is 26.8. The second-order valence-electron chi connectivity index (χ2n) is 5.24. The van der Waals surface area contributed by atoms with Crippen LogP contribution in [-0.4, -0.2) is 10.9 Å². The average molecular weight is 411 g/mol. The second kappa shape index (κ2) is 6.36. The molecule has 4 nitrogen and oxygen atoms in total. The summed E-state index contributed by atoms with van der Waals surface area (Å²) in [7, 11) is 0. The SMILES string of the molecule is O=C(Nc1ccc(Br)c(C(F)(F)F)c1)c1cc(=O)[nH]c2ccccc12. The van der Waals surface area contributed by atoms with E-state index in [1.807, 2.05) is 0 Å². The lowest BCUT2D eigenvalue weighted by Crippen LogP contribution is -2.17. The van der Waals surface area contributed by atoms with Crippen molar-refractivity contribution in [1.29, 1.82) is 0 Å². The maximum Gasteiger partial charge on any atom is 0.417 e. The van der Waals surface area contributed by atoms with E-state index in [9.17, 15) is 22.8 Å². The predicted octanol–water partition coefficient (Wildman–Crippen LogP) is 4.56. The van der Waals surface area contributed by atoms with Gasteiger partial charge in [0.15, 0.2) is 0 Å². The van der Waals surface area contributed by atoms with Crippen molar-refractivity contribution < 1.29 is 18.0 Å². The van der Waals surface area contributed by atoms with Crippen LogP contribution in [0.15, 0.2) is 57.8 Å². The lowest BCUT2D eigenvalue weighted by Gasteiger charge is -2.12. The predicted molar refractivity (Wildman–Crippen MR) is 91.7 cm³/mol. The third kappa shape index (κ3) is 3.58. The summed E-state index contributed by atoms with van der Waals surface area (Å²) >= 11 is 2.84. The van der Waals surface area contributed by atoms with Crippen LogP contribution in [0.2, 0.25) is 0 Å². The van der Waals surface area contributed by atoms with Crippen molar-refractivity contribution in [2.45, 2.75) is 6.18 Å². The fourth-order valence-electron chi connectivity index (χ4n) is 2.41. The highest BCUT2D eigenvalue weighted by atomic mass is 79.9. The van der Waals surface area contributed by atoms with Gasteiger partial charge in [-0.3, -0.25) is 9.59 Å². The standard InChI is InChI=1S/C17H10BrF3N2O2/c18-13-6-5-9(7-12(13)17(19,20)21)22-16(25)11-8-15(24)23-14-4-2-1-3-10(11)14/h1-8H,(H,22,25)(H,23,24). The highest BCUT2D eigenvalue weighted by molar-refractivity contribution is 9.10. The Balaban J connectivity index is 2.00. The van der Waals surface area contributed by atoms with Crippen LogP contribution in [0.4, 0.5) is 18.9 Å². The van der Waals surface area contributed by atoms with Gasteiger partial charge >= 0.3 is 6.18 Å². The van der Waals surface area contributed by atoms with Gasteiger partial charge < -0.3 is 10.3 Å². The lowest BCUT2D eigenvalue weighted by molar-refractivity contribution is -0.138. The van der Waals surface area contributed by atoms with E-state index in [4.69, 9.17) is 0 Å². The van der Waals surface area contributed by atoms with Gasteiger partial charge in [0.05, 0.1) is 11.1 Å². The van der Waals surface area contributed by atoms with Crippen LogP contribution in [0.25, 0.3) is 10.9 Å². The molecule has 1 amide bonds. The third-order valence-corrected chi connectivity index (χ3v) is 4.22. The average Bonchev–Trinajstić information content (AvgIpc) is 2.54. The van der Waals surface area contributed by atoms with E-state index in [0.717, 1.165) is 12.1 Å². The van der Waals surface area contributed by atoms with E-state index >= 15 is 0 Å². The molecule has 0 radical (unpaired) electrons. The summed E-state index contributed by atoms with van der Waals surface area (Å²) in [5.74, 6) is -0.669. The molecule has 0 spiro atoms. The maximum absolute atomic E-state index is 13.0. The Morgan fingerprint density at radius 1 is 1.08 bits per heavy atom. The fourth-order valence-corrected chi connectivity index (χ4v) is 2.88. The molecule has 0 saturated heterocycles. The maximum atomic E-state index is 13.0. The van der Waals surface area contributed by atoms with Crippen LogP contribution in [0.3, 0.4) is 0 Å². The van der Waals surface area contributed by atoms with Gasteiger partial charge in [-0.2, -0.15) is 13.2 Å². The number of fused-ring (bicyclic) bond motifs is 1.